The zero-order valence-corrected chi connectivity index (χ0v) is 35.1. The number of hydrogen-bond acceptors (Lipinski definition) is 1. The topological polar surface area (TPSA) is 8.17 Å². The Morgan fingerprint density at radius 1 is 0.618 bits per heavy atom. The summed E-state index contributed by atoms with van der Waals surface area (Å²) in [7, 11) is 0. The number of anilines is 2. The first-order valence-electron chi connectivity index (χ1n) is 21.2. The molecular formula is C52H57BN2. The second-order valence-electron chi connectivity index (χ2n) is 21.5. The molecule has 5 aromatic rings. The monoisotopic (exact) mass is 720 g/mol. The molecule has 11 rings (SSSR count). The highest BCUT2D eigenvalue weighted by atomic mass is 15.2. The molecule has 2 aliphatic heterocycles. The molecule has 0 spiro atoms. The number of aromatic nitrogens is 1. The highest BCUT2D eigenvalue weighted by Gasteiger charge is 2.51. The van der Waals surface area contributed by atoms with Gasteiger partial charge in [0.1, 0.15) is 0 Å². The van der Waals surface area contributed by atoms with E-state index in [1.54, 1.807) is 22.2 Å². The fourth-order valence-corrected chi connectivity index (χ4v) is 12.6. The number of allylic oxidation sites excluding steroid dienone is 2. The highest BCUT2D eigenvalue weighted by Crippen LogP contribution is 2.57. The molecule has 0 radical (unpaired) electrons. The van der Waals surface area contributed by atoms with Crippen LogP contribution in [0.25, 0.3) is 27.9 Å². The molecular weight excluding hydrogens is 663 g/mol. The van der Waals surface area contributed by atoms with Gasteiger partial charge in [-0.2, -0.15) is 0 Å². The normalized spacial score (nSPS) is 23.7. The van der Waals surface area contributed by atoms with Gasteiger partial charge in [0, 0.05) is 39.0 Å². The van der Waals surface area contributed by atoms with Crippen molar-refractivity contribution in [3.8, 4) is 11.3 Å². The summed E-state index contributed by atoms with van der Waals surface area (Å²) < 4.78 is 2.74. The van der Waals surface area contributed by atoms with Gasteiger partial charge >= 0.3 is 0 Å². The Morgan fingerprint density at radius 3 is 1.96 bits per heavy atom. The van der Waals surface area contributed by atoms with Crippen molar-refractivity contribution in [3.63, 3.8) is 0 Å². The third kappa shape index (κ3) is 4.23. The molecule has 0 N–H and O–H groups in total. The van der Waals surface area contributed by atoms with Crippen LogP contribution in [0.5, 0.6) is 0 Å². The van der Waals surface area contributed by atoms with E-state index in [-0.39, 0.29) is 39.8 Å². The number of hydrogen-bond donors (Lipinski definition) is 0. The first-order valence-corrected chi connectivity index (χ1v) is 21.2. The van der Waals surface area contributed by atoms with Gasteiger partial charge in [-0.25, -0.2) is 0 Å². The molecule has 4 aromatic carbocycles. The van der Waals surface area contributed by atoms with Gasteiger partial charge in [-0.05, 0) is 135 Å². The van der Waals surface area contributed by atoms with E-state index >= 15 is 0 Å². The van der Waals surface area contributed by atoms with E-state index in [0.29, 0.717) is 0 Å². The van der Waals surface area contributed by atoms with Gasteiger partial charge in [0.25, 0.3) is 0 Å². The van der Waals surface area contributed by atoms with E-state index in [2.05, 4.69) is 165 Å². The molecule has 2 nitrogen and oxygen atoms in total. The third-order valence-electron chi connectivity index (χ3n) is 15.9. The zero-order valence-electron chi connectivity index (χ0n) is 35.1. The van der Waals surface area contributed by atoms with Crippen LogP contribution in [-0.2, 0) is 27.1 Å². The molecule has 3 heteroatoms. The lowest BCUT2D eigenvalue weighted by molar-refractivity contribution is 0.331. The van der Waals surface area contributed by atoms with Crippen LogP contribution in [0.4, 0.5) is 11.4 Å². The molecule has 1 aromatic heterocycles. The van der Waals surface area contributed by atoms with E-state index in [1.807, 2.05) is 0 Å². The molecule has 0 fully saturated rings. The molecule has 55 heavy (non-hydrogen) atoms. The lowest BCUT2D eigenvalue weighted by atomic mass is 9.31. The minimum Gasteiger partial charge on any atom is -0.335 e. The Labute approximate surface area is 329 Å². The molecule has 0 saturated heterocycles. The summed E-state index contributed by atoms with van der Waals surface area (Å²) in [5.74, 6) is 0. The molecule has 6 aliphatic rings. The van der Waals surface area contributed by atoms with Crippen LogP contribution in [0.1, 0.15) is 142 Å². The van der Waals surface area contributed by atoms with Gasteiger partial charge in [0.2, 0.25) is 6.71 Å². The second-order valence-corrected chi connectivity index (χ2v) is 21.5. The van der Waals surface area contributed by atoms with Crippen molar-refractivity contribution < 1.29 is 0 Å². The number of rotatable bonds is 1. The number of benzene rings is 4. The summed E-state index contributed by atoms with van der Waals surface area (Å²) >= 11 is 0. The quantitative estimate of drug-likeness (QED) is 0.157. The van der Waals surface area contributed by atoms with Crippen molar-refractivity contribution in [2.75, 3.05) is 4.90 Å². The minimum atomic E-state index is -0.0794. The lowest BCUT2D eigenvalue weighted by Crippen LogP contribution is -2.60. The maximum absolute atomic E-state index is 2.83. The molecule has 1 atom stereocenters. The van der Waals surface area contributed by atoms with Crippen molar-refractivity contribution in [1.82, 2.24) is 4.57 Å². The maximum Gasteiger partial charge on any atom is 0.247 e. The fraction of sp³-hybridized carbons (Fsp3) is 0.423. The van der Waals surface area contributed by atoms with Crippen molar-refractivity contribution >= 4 is 45.6 Å². The Balaban J connectivity index is 1.27. The molecule has 1 unspecified atom stereocenters. The maximum atomic E-state index is 2.83. The predicted octanol–water partition coefficient (Wildman–Crippen LogP) is 11.9. The summed E-state index contributed by atoms with van der Waals surface area (Å²) in [5, 5.41) is 1.43. The zero-order chi connectivity index (χ0) is 38.4. The third-order valence-corrected chi connectivity index (χ3v) is 15.9. The highest BCUT2D eigenvalue weighted by molar-refractivity contribution is 6.95. The summed E-state index contributed by atoms with van der Waals surface area (Å²) in [6, 6.07) is 29.8. The van der Waals surface area contributed by atoms with Crippen LogP contribution in [0, 0.1) is 0 Å². The lowest BCUT2D eigenvalue weighted by Gasteiger charge is -2.50. The SMILES string of the molecule is CC1=CC2=C3B(c4cc5c(cc4N(c4ccc6c(c4)C(C)(C)CCC6(C)C)C3C1)C(C)(C)CCC5(C)C)c1cccc3c4c(n2c13)-c1ccccc1C4(C)C. The largest absolute Gasteiger partial charge is 0.335 e. The number of nitrogens with zero attached hydrogens (tertiary/aromatic N) is 2. The van der Waals surface area contributed by atoms with Crippen molar-refractivity contribution in [2.24, 2.45) is 0 Å². The molecule has 0 amide bonds. The van der Waals surface area contributed by atoms with Crippen LogP contribution in [0.3, 0.4) is 0 Å². The molecule has 278 valence electrons. The second kappa shape index (κ2) is 10.4. The average molecular weight is 721 g/mol. The van der Waals surface area contributed by atoms with Crippen LogP contribution in [-0.4, -0.2) is 17.3 Å². The van der Waals surface area contributed by atoms with E-state index in [4.69, 9.17) is 0 Å². The molecule has 0 saturated carbocycles. The Bertz CT molecular complexity index is 2630. The smallest absolute Gasteiger partial charge is 0.247 e. The minimum absolute atomic E-state index is 0.0794. The van der Waals surface area contributed by atoms with Gasteiger partial charge in [0.05, 0.1) is 11.7 Å². The van der Waals surface area contributed by atoms with Gasteiger partial charge in [-0.15, -0.1) is 0 Å². The fourth-order valence-electron chi connectivity index (χ4n) is 12.6. The standard InChI is InChI=1S/C52H57BN2/c1-30-25-42-45-43(26-30)55-46-33(44-47(55)32-15-12-13-17-34(32)52(44,10)11)16-14-18-39(46)53(45)40-28-37-38(51(8,9)24-23-50(37,6)7)29-41(40)54(42)31-19-20-35-36(27-31)49(4,5)22-21-48(35,2)3/h12-20,26-29,42H,21-25H2,1-11H3. The molecule has 0 bridgehead atoms. The Hall–Kier alpha value is -4.24. The van der Waals surface area contributed by atoms with Gasteiger partial charge in [-0.3, -0.25) is 0 Å². The number of para-hydroxylation sites is 1. The van der Waals surface area contributed by atoms with Crippen molar-refractivity contribution in [1.29, 1.82) is 0 Å². The molecule has 3 heterocycles. The van der Waals surface area contributed by atoms with Gasteiger partial charge < -0.3 is 9.47 Å². The summed E-state index contributed by atoms with van der Waals surface area (Å²) in [4.78, 5) is 2.83. The van der Waals surface area contributed by atoms with Crippen LogP contribution < -0.4 is 15.8 Å². The first kappa shape index (κ1) is 34.0. The molecule has 4 aliphatic carbocycles. The summed E-state index contributed by atoms with van der Waals surface area (Å²) in [6.45, 7) is 27.4. The summed E-state index contributed by atoms with van der Waals surface area (Å²) in [6.07, 6.45) is 8.49. The Kier molecular flexibility index (Phi) is 6.43. The number of fused-ring (bicyclic) bond motifs is 11. The average Bonchev–Trinajstić information content (AvgIpc) is 3.61. The van der Waals surface area contributed by atoms with Crippen molar-refractivity contribution in [2.45, 2.75) is 141 Å². The van der Waals surface area contributed by atoms with Gasteiger partial charge in [-0.1, -0.05) is 129 Å². The first-order chi connectivity index (χ1) is 25.9. The van der Waals surface area contributed by atoms with Crippen LogP contribution >= 0.6 is 0 Å². The summed E-state index contributed by atoms with van der Waals surface area (Å²) in [5.41, 5.74) is 24.1. The van der Waals surface area contributed by atoms with E-state index in [0.717, 1.165) is 6.42 Å². The Morgan fingerprint density at radius 2 is 1.25 bits per heavy atom. The van der Waals surface area contributed by atoms with Crippen molar-refractivity contribution in [3.05, 3.63) is 123 Å². The predicted molar refractivity (Wildman–Crippen MR) is 235 cm³/mol. The van der Waals surface area contributed by atoms with E-state index < -0.39 is 0 Å². The van der Waals surface area contributed by atoms with Crippen LogP contribution in [0.2, 0.25) is 0 Å². The van der Waals surface area contributed by atoms with E-state index in [1.165, 1.54) is 98.1 Å². The van der Waals surface area contributed by atoms with Crippen LogP contribution in [0.15, 0.2) is 89.9 Å². The van der Waals surface area contributed by atoms with E-state index in [9.17, 15) is 0 Å². The van der Waals surface area contributed by atoms with Gasteiger partial charge in [0.15, 0.2) is 0 Å².